The quantitative estimate of drug-likeness (QED) is 0.799. The van der Waals surface area contributed by atoms with Crippen molar-refractivity contribution in [2.24, 2.45) is 0 Å². The second-order valence-electron chi connectivity index (χ2n) is 4.90. The SMILES string of the molecule is Cc1cnnc2c1C(=O)C[C@@H](c1ccccc1Cl)C2. The highest BCUT2D eigenvalue weighted by Gasteiger charge is 2.29. The summed E-state index contributed by atoms with van der Waals surface area (Å²) in [6.07, 6.45) is 2.86. The molecule has 1 heterocycles. The van der Waals surface area contributed by atoms with E-state index >= 15 is 0 Å². The van der Waals surface area contributed by atoms with Crippen LogP contribution in [0.25, 0.3) is 0 Å². The van der Waals surface area contributed by atoms with Crippen molar-refractivity contribution >= 4 is 17.4 Å². The number of halogens is 1. The van der Waals surface area contributed by atoms with Crippen LogP contribution in [0, 0.1) is 6.92 Å². The van der Waals surface area contributed by atoms with Crippen molar-refractivity contribution in [3.8, 4) is 0 Å². The number of aryl methyl sites for hydroxylation is 1. The fraction of sp³-hybridized carbons (Fsp3) is 0.267. The van der Waals surface area contributed by atoms with E-state index in [2.05, 4.69) is 10.2 Å². The van der Waals surface area contributed by atoms with Crippen LogP contribution in [0.2, 0.25) is 5.02 Å². The van der Waals surface area contributed by atoms with Gasteiger partial charge in [-0.05, 0) is 36.5 Å². The van der Waals surface area contributed by atoms with Gasteiger partial charge >= 0.3 is 0 Å². The number of Topliss-reactive ketones (excluding diaryl/α,β-unsaturated/α-hetero) is 1. The van der Waals surface area contributed by atoms with Crippen molar-refractivity contribution in [1.29, 1.82) is 0 Å². The molecule has 3 nitrogen and oxygen atoms in total. The van der Waals surface area contributed by atoms with E-state index < -0.39 is 0 Å². The molecule has 0 saturated carbocycles. The highest BCUT2D eigenvalue weighted by Crippen LogP contribution is 2.35. The fourth-order valence-electron chi connectivity index (χ4n) is 2.71. The smallest absolute Gasteiger partial charge is 0.165 e. The van der Waals surface area contributed by atoms with E-state index in [0.717, 1.165) is 28.8 Å². The lowest BCUT2D eigenvalue weighted by atomic mass is 9.81. The number of aromatic nitrogens is 2. The summed E-state index contributed by atoms with van der Waals surface area (Å²) in [4.78, 5) is 12.3. The molecule has 0 amide bonds. The molecule has 4 heteroatoms. The number of rotatable bonds is 1. The van der Waals surface area contributed by atoms with E-state index in [1.807, 2.05) is 31.2 Å². The number of carbonyl (C=O) groups is 1. The second kappa shape index (κ2) is 4.74. The van der Waals surface area contributed by atoms with E-state index in [1.165, 1.54) is 0 Å². The van der Waals surface area contributed by atoms with E-state index in [9.17, 15) is 4.79 Å². The Balaban J connectivity index is 2.03. The first-order valence-corrected chi connectivity index (χ1v) is 6.63. The zero-order valence-electron chi connectivity index (χ0n) is 10.6. The summed E-state index contributed by atoms with van der Waals surface area (Å²) in [5.74, 6) is 0.239. The Kier molecular flexibility index (Phi) is 3.07. The standard InChI is InChI=1S/C15H13ClN2O/c1-9-8-17-18-13-6-10(7-14(19)15(9)13)11-4-2-3-5-12(11)16/h2-5,8,10H,6-7H2,1H3/t10-/m0/s1. The van der Waals surface area contributed by atoms with Gasteiger partial charge in [0.25, 0.3) is 0 Å². The number of nitrogens with zero attached hydrogens (tertiary/aromatic N) is 2. The fourth-order valence-corrected chi connectivity index (χ4v) is 3.00. The first-order chi connectivity index (χ1) is 9.16. The maximum absolute atomic E-state index is 12.3. The van der Waals surface area contributed by atoms with Gasteiger partial charge in [0, 0.05) is 17.0 Å². The van der Waals surface area contributed by atoms with E-state index in [-0.39, 0.29) is 11.7 Å². The Morgan fingerprint density at radius 3 is 2.84 bits per heavy atom. The normalized spacial score (nSPS) is 18.2. The largest absolute Gasteiger partial charge is 0.294 e. The third kappa shape index (κ3) is 2.15. The number of benzene rings is 1. The second-order valence-corrected chi connectivity index (χ2v) is 5.31. The summed E-state index contributed by atoms with van der Waals surface area (Å²) in [5.41, 5.74) is 3.47. The van der Waals surface area contributed by atoms with Crippen LogP contribution in [0.1, 0.15) is 39.5 Å². The molecule has 1 aliphatic carbocycles. The highest BCUT2D eigenvalue weighted by molar-refractivity contribution is 6.31. The number of ketones is 1. The minimum absolute atomic E-state index is 0.102. The molecule has 2 aromatic rings. The lowest BCUT2D eigenvalue weighted by Crippen LogP contribution is -2.22. The van der Waals surface area contributed by atoms with E-state index in [4.69, 9.17) is 11.6 Å². The first-order valence-electron chi connectivity index (χ1n) is 6.25. The minimum atomic E-state index is 0.102. The van der Waals surface area contributed by atoms with Crippen molar-refractivity contribution in [3.63, 3.8) is 0 Å². The van der Waals surface area contributed by atoms with Gasteiger partial charge in [-0.3, -0.25) is 4.79 Å². The Labute approximate surface area is 116 Å². The molecule has 0 bridgehead atoms. The average molecular weight is 273 g/mol. The summed E-state index contributed by atoms with van der Waals surface area (Å²) in [6.45, 7) is 1.90. The molecule has 0 unspecified atom stereocenters. The molecule has 0 N–H and O–H groups in total. The van der Waals surface area contributed by atoms with Gasteiger partial charge in [0.1, 0.15) is 0 Å². The van der Waals surface area contributed by atoms with Crippen LogP contribution >= 0.6 is 11.6 Å². The summed E-state index contributed by atoms with van der Waals surface area (Å²) in [6, 6.07) is 7.69. The molecular formula is C15H13ClN2O. The molecule has 1 aliphatic rings. The predicted octanol–water partition coefficient (Wildman–Crippen LogP) is 3.35. The molecule has 0 aliphatic heterocycles. The van der Waals surface area contributed by atoms with Gasteiger partial charge in [0.2, 0.25) is 0 Å². The van der Waals surface area contributed by atoms with Gasteiger partial charge < -0.3 is 0 Å². The monoisotopic (exact) mass is 272 g/mol. The lowest BCUT2D eigenvalue weighted by Gasteiger charge is -2.24. The summed E-state index contributed by atoms with van der Waals surface area (Å²) in [5, 5.41) is 8.78. The molecule has 1 aromatic carbocycles. The van der Waals surface area contributed by atoms with Crippen LogP contribution in [0.4, 0.5) is 0 Å². The van der Waals surface area contributed by atoms with Crippen LogP contribution in [-0.4, -0.2) is 16.0 Å². The third-order valence-corrected chi connectivity index (χ3v) is 3.95. The van der Waals surface area contributed by atoms with Gasteiger partial charge in [-0.2, -0.15) is 10.2 Å². The van der Waals surface area contributed by atoms with Crippen LogP contribution in [0.15, 0.2) is 30.5 Å². The zero-order chi connectivity index (χ0) is 13.4. The first kappa shape index (κ1) is 12.3. The Bertz CT molecular complexity index is 654. The molecule has 1 aromatic heterocycles. The van der Waals surface area contributed by atoms with Gasteiger partial charge in [0.05, 0.1) is 11.9 Å². The van der Waals surface area contributed by atoms with Crippen LogP contribution in [-0.2, 0) is 6.42 Å². The highest BCUT2D eigenvalue weighted by atomic mass is 35.5. The zero-order valence-corrected chi connectivity index (χ0v) is 11.3. The summed E-state index contributed by atoms with van der Waals surface area (Å²) in [7, 11) is 0. The van der Waals surface area contributed by atoms with Crippen molar-refractivity contribution in [2.45, 2.75) is 25.7 Å². The van der Waals surface area contributed by atoms with Gasteiger partial charge in [-0.15, -0.1) is 0 Å². The third-order valence-electron chi connectivity index (χ3n) is 3.61. The van der Waals surface area contributed by atoms with Gasteiger partial charge in [-0.25, -0.2) is 0 Å². The molecule has 3 rings (SSSR count). The van der Waals surface area contributed by atoms with Gasteiger partial charge in [-0.1, -0.05) is 29.8 Å². The molecule has 1 atom stereocenters. The van der Waals surface area contributed by atoms with Crippen molar-refractivity contribution < 1.29 is 4.79 Å². The van der Waals surface area contributed by atoms with Crippen LogP contribution in [0.5, 0.6) is 0 Å². The molecule has 96 valence electrons. The maximum atomic E-state index is 12.3. The van der Waals surface area contributed by atoms with Crippen LogP contribution < -0.4 is 0 Å². The number of fused-ring (bicyclic) bond motifs is 1. The molecule has 0 radical (unpaired) electrons. The Morgan fingerprint density at radius 2 is 2.05 bits per heavy atom. The van der Waals surface area contributed by atoms with E-state index in [0.29, 0.717) is 11.4 Å². The number of hydrogen-bond acceptors (Lipinski definition) is 3. The van der Waals surface area contributed by atoms with Crippen molar-refractivity contribution in [3.05, 3.63) is 57.9 Å². The van der Waals surface area contributed by atoms with Crippen molar-refractivity contribution in [2.75, 3.05) is 0 Å². The number of carbonyl (C=O) groups excluding carboxylic acids is 1. The summed E-state index contributed by atoms with van der Waals surface area (Å²) >= 11 is 6.22. The van der Waals surface area contributed by atoms with Crippen molar-refractivity contribution in [1.82, 2.24) is 10.2 Å². The summed E-state index contributed by atoms with van der Waals surface area (Å²) < 4.78 is 0. The topological polar surface area (TPSA) is 42.9 Å². The molecule has 19 heavy (non-hydrogen) atoms. The van der Waals surface area contributed by atoms with E-state index in [1.54, 1.807) is 6.20 Å². The molecule has 0 saturated heterocycles. The molecule has 0 fully saturated rings. The molecule has 0 spiro atoms. The van der Waals surface area contributed by atoms with Gasteiger partial charge in [0.15, 0.2) is 5.78 Å². The molecular weight excluding hydrogens is 260 g/mol. The number of hydrogen-bond donors (Lipinski definition) is 0. The Morgan fingerprint density at radius 1 is 1.26 bits per heavy atom. The minimum Gasteiger partial charge on any atom is -0.294 e. The maximum Gasteiger partial charge on any atom is 0.165 e. The lowest BCUT2D eigenvalue weighted by molar-refractivity contribution is 0.0962. The Hall–Kier alpha value is -1.74. The average Bonchev–Trinajstić information content (AvgIpc) is 2.39. The predicted molar refractivity (Wildman–Crippen MR) is 73.6 cm³/mol. The van der Waals surface area contributed by atoms with Crippen LogP contribution in [0.3, 0.4) is 0 Å².